The molecule has 0 bridgehead atoms. The van der Waals surface area contributed by atoms with Crippen molar-refractivity contribution in [2.45, 2.75) is 19.4 Å². The highest BCUT2D eigenvalue weighted by molar-refractivity contribution is 6.33. The number of rotatable bonds is 2. The van der Waals surface area contributed by atoms with Crippen molar-refractivity contribution >= 4 is 17.5 Å². The molecular formula is C13H17ClN2O. The molecule has 2 rings (SSSR count). The lowest BCUT2D eigenvalue weighted by Gasteiger charge is -2.30. The molecular weight excluding hydrogens is 236 g/mol. The summed E-state index contributed by atoms with van der Waals surface area (Å²) in [6.07, 6.45) is 0.970. The molecule has 3 nitrogen and oxygen atoms in total. The van der Waals surface area contributed by atoms with Gasteiger partial charge in [0.1, 0.15) is 0 Å². The number of benzene rings is 1. The normalized spacial score (nSPS) is 24.4. The molecule has 1 aromatic carbocycles. The maximum absolute atomic E-state index is 12.1. The van der Waals surface area contributed by atoms with E-state index in [0.29, 0.717) is 16.5 Å². The first-order valence-electron chi connectivity index (χ1n) is 5.94. The highest BCUT2D eigenvalue weighted by Gasteiger charge is 2.23. The van der Waals surface area contributed by atoms with Crippen LogP contribution in [0.1, 0.15) is 23.7 Å². The SMILES string of the molecule is CC1CNCCC1NC(=O)c1ccccc1Cl. The molecule has 1 saturated heterocycles. The Kier molecular flexibility index (Phi) is 4.02. The first-order chi connectivity index (χ1) is 8.18. The van der Waals surface area contributed by atoms with E-state index in [1.54, 1.807) is 12.1 Å². The van der Waals surface area contributed by atoms with Gasteiger partial charge in [-0.2, -0.15) is 0 Å². The molecule has 0 spiro atoms. The molecule has 1 fully saturated rings. The zero-order valence-corrected chi connectivity index (χ0v) is 10.6. The van der Waals surface area contributed by atoms with E-state index < -0.39 is 0 Å². The molecule has 4 heteroatoms. The Bertz CT molecular complexity index is 408. The van der Waals surface area contributed by atoms with Crippen molar-refractivity contribution in [3.63, 3.8) is 0 Å². The Balaban J connectivity index is 2.04. The largest absolute Gasteiger partial charge is 0.349 e. The third kappa shape index (κ3) is 2.99. The lowest BCUT2D eigenvalue weighted by molar-refractivity contribution is 0.0914. The predicted molar refractivity (Wildman–Crippen MR) is 69.4 cm³/mol. The van der Waals surface area contributed by atoms with Gasteiger partial charge in [-0.3, -0.25) is 4.79 Å². The topological polar surface area (TPSA) is 41.1 Å². The number of hydrogen-bond acceptors (Lipinski definition) is 2. The summed E-state index contributed by atoms with van der Waals surface area (Å²) in [6.45, 7) is 4.05. The summed E-state index contributed by atoms with van der Waals surface area (Å²) in [6, 6.07) is 7.38. The van der Waals surface area contributed by atoms with Gasteiger partial charge < -0.3 is 10.6 Å². The average Bonchev–Trinajstić information content (AvgIpc) is 2.32. The number of carbonyl (C=O) groups excluding carboxylic acids is 1. The van der Waals surface area contributed by atoms with E-state index in [4.69, 9.17) is 11.6 Å². The van der Waals surface area contributed by atoms with Gasteiger partial charge >= 0.3 is 0 Å². The van der Waals surface area contributed by atoms with Crippen LogP contribution < -0.4 is 10.6 Å². The second kappa shape index (κ2) is 5.52. The van der Waals surface area contributed by atoms with Crippen molar-refractivity contribution in [3.8, 4) is 0 Å². The quantitative estimate of drug-likeness (QED) is 0.846. The Morgan fingerprint density at radius 2 is 2.24 bits per heavy atom. The Morgan fingerprint density at radius 3 is 2.94 bits per heavy atom. The van der Waals surface area contributed by atoms with Crippen LogP contribution in [0.25, 0.3) is 0 Å². The summed E-state index contributed by atoms with van der Waals surface area (Å²) in [4.78, 5) is 12.1. The third-order valence-corrected chi connectivity index (χ3v) is 3.55. The van der Waals surface area contributed by atoms with Crippen molar-refractivity contribution in [1.29, 1.82) is 0 Å². The van der Waals surface area contributed by atoms with E-state index in [1.807, 2.05) is 12.1 Å². The third-order valence-electron chi connectivity index (χ3n) is 3.22. The number of hydrogen-bond donors (Lipinski definition) is 2. The first-order valence-corrected chi connectivity index (χ1v) is 6.32. The van der Waals surface area contributed by atoms with Crippen LogP contribution >= 0.6 is 11.6 Å². The van der Waals surface area contributed by atoms with E-state index in [-0.39, 0.29) is 11.9 Å². The summed E-state index contributed by atoms with van der Waals surface area (Å²) in [5.74, 6) is 0.379. The lowest BCUT2D eigenvalue weighted by atomic mass is 9.95. The molecule has 0 aliphatic carbocycles. The highest BCUT2D eigenvalue weighted by atomic mass is 35.5. The molecule has 2 atom stereocenters. The molecule has 1 heterocycles. The van der Waals surface area contributed by atoms with Crippen molar-refractivity contribution in [2.24, 2.45) is 5.92 Å². The van der Waals surface area contributed by atoms with Gasteiger partial charge in [0.05, 0.1) is 10.6 Å². The van der Waals surface area contributed by atoms with Crippen LogP contribution in [0, 0.1) is 5.92 Å². The van der Waals surface area contributed by atoms with Crippen molar-refractivity contribution in [2.75, 3.05) is 13.1 Å². The van der Waals surface area contributed by atoms with E-state index in [0.717, 1.165) is 19.5 Å². The minimum atomic E-state index is -0.0747. The Hall–Kier alpha value is -1.06. The minimum absolute atomic E-state index is 0.0747. The zero-order valence-electron chi connectivity index (χ0n) is 9.87. The van der Waals surface area contributed by atoms with Gasteiger partial charge in [0.15, 0.2) is 0 Å². The molecule has 0 radical (unpaired) electrons. The molecule has 17 heavy (non-hydrogen) atoms. The van der Waals surface area contributed by atoms with Gasteiger partial charge in [-0.15, -0.1) is 0 Å². The van der Waals surface area contributed by atoms with Gasteiger partial charge in [-0.05, 0) is 37.6 Å². The van der Waals surface area contributed by atoms with Gasteiger partial charge in [-0.25, -0.2) is 0 Å². The van der Waals surface area contributed by atoms with Crippen LogP contribution in [0.2, 0.25) is 5.02 Å². The standard InChI is InChI=1S/C13H17ClN2O/c1-9-8-15-7-6-12(9)16-13(17)10-4-2-3-5-11(10)14/h2-5,9,12,15H,6-8H2,1H3,(H,16,17). The average molecular weight is 253 g/mol. The second-order valence-corrected chi connectivity index (χ2v) is 4.94. The number of amides is 1. The maximum Gasteiger partial charge on any atom is 0.253 e. The smallest absolute Gasteiger partial charge is 0.253 e. The van der Waals surface area contributed by atoms with Crippen LogP contribution in [-0.4, -0.2) is 25.0 Å². The van der Waals surface area contributed by atoms with Crippen molar-refractivity contribution < 1.29 is 4.79 Å². The number of carbonyl (C=O) groups is 1. The first kappa shape index (κ1) is 12.4. The highest BCUT2D eigenvalue weighted by Crippen LogP contribution is 2.16. The number of nitrogens with one attached hydrogen (secondary N) is 2. The summed E-state index contributed by atoms with van der Waals surface area (Å²) >= 11 is 6.00. The summed E-state index contributed by atoms with van der Waals surface area (Å²) in [7, 11) is 0. The Morgan fingerprint density at radius 1 is 1.47 bits per heavy atom. The maximum atomic E-state index is 12.1. The van der Waals surface area contributed by atoms with Crippen molar-refractivity contribution in [3.05, 3.63) is 34.9 Å². The molecule has 0 aromatic heterocycles. The molecule has 1 aliphatic heterocycles. The fourth-order valence-corrected chi connectivity index (χ4v) is 2.34. The summed E-state index contributed by atoms with van der Waals surface area (Å²) < 4.78 is 0. The van der Waals surface area contributed by atoms with Gasteiger partial charge in [0, 0.05) is 6.04 Å². The van der Waals surface area contributed by atoms with Gasteiger partial charge in [0.2, 0.25) is 0 Å². The van der Waals surface area contributed by atoms with E-state index in [2.05, 4.69) is 17.6 Å². The molecule has 1 amide bonds. The molecule has 1 aromatic rings. The number of piperidine rings is 1. The second-order valence-electron chi connectivity index (χ2n) is 4.53. The summed E-state index contributed by atoms with van der Waals surface area (Å²) in [5, 5.41) is 6.88. The lowest BCUT2D eigenvalue weighted by Crippen LogP contribution is -2.48. The molecule has 1 aliphatic rings. The van der Waals surface area contributed by atoms with Gasteiger partial charge in [0.25, 0.3) is 5.91 Å². The monoisotopic (exact) mass is 252 g/mol. The molecule has 2 unspecified atom stereocenters. The van der Waals surface area contributed by atoms with E-state index >= 15 is 0 Å². The minimum Gasteiger partial charge on any atom is -0.349 e. The predicted octanol–water partition coefficient (Wildman–Crippen LogP) is 2.07. The van der Waals surface area contributed by atoms with E-state index in [9.17, 15) is 4.79 Å². The summed E-state index contributed by atoms with van der Waals surface area (Å²) in [5.41, 5.74) is 0.555. The Labute approximate surface area is 107 Å². The molecule has 92 valence electrons. The fourth-order valence-electron chi connectivity index (χ4n) is 2.12. The van der Waals surface area contributed by atoms with Crippen LogP contribution in [0.5, 0.6) is 0 Å². The van der Waals surface area contributed by atoms with Crippen LogP contribution in [0.15, 0.2) is 24.3 Å². The molecule has 0 saturated carbocycles. The fraction of sp³-hybridized carbons (Fsp3) is 0.462. The van der Waals surface area contributed by atoms with E-state index in [1.165, 1.54) is 0 Å². The number of halogens is 1. The van der Waals surface area contributed by atoms with Gasteiger partial charge in [-0.1, -0.05) is 30.7 Å². The zero-order chi connectivity index (χ0) is 12.3. The van der Waals surface area contributed by atoms with Crippen molar-refractivity contribution in [1.82, 2.24) is 10.6 Å². The van der Waals surface area contributed by atoms with Crippen LogP contribution in [-0.2, 0) is 0 Å². The molecule has 2 N–H and O–H groups in total. The van der Waals surface area contributed by atoms with Crippen LogP contribution in [0.3, 0.4) is 0 Å². The van der Waals surface area contributed by atoms with Crippen LogP contribution in [0.4, 0.5) is 0 Å².